The van der Waals surface area contributed by atoms with Gasteiger partial charge in [-0.25, -0.2) is 13.8 Å². The number of hydrazone groups is 1. The molecule has 0 spiro atoms. The van der Waals surface area contributed by atoms with Gasteiger partial charge in [-0.2, -0.15) is 5.10 Å². The third-order valence-corrected chi connectivity index (χ3v) is 6.32. The summed E-state index contributed by atoms with van der Waals surface area (Å²) in [4.78, 5) is 24.2. The third kappa shape index (κ3) is 8.69. The summed E-state index contributed by atoms with van der Waals surface area (Å²) in [6, 6.07) is 13.7. The van der Waals surface area contributed by atoms with Crippen molar-refractivity contribution in [2.75, 3.05) is 36.9 Å². The van der Waals surface area contributed by atoms with Crippen molar-refractivity contribution in [1.82, 2.24) is 10.7 Å². The minimum atomic E-state index is -3.66. The van der Waals surface area contributed by atoms with Crippen molar-refractivity contribution in [1.29, 1.82) is 0 Å². The second-order valence-electron chi connectivity index (χ2n) is 8.20. The Morgan fingerprint density at radius 3 is 2.63 bits per heavy atom. The number of ether oxygens (including phenoxy) is 2. The van der Waals surface area contributed by atoms with E-state index in [1.54, 1.807) is 42.5 Å². The first-order chi connectivity index (χ1) is 16.7. The van der Waals surface area contributed by atoms with E-state index in [0.717, 1.165) is 35.6 Å². The molecule has 0 aliphatic carbocycles. The van der Waals surface area contributed by atoms with Gasteiger partial charge >= 0.3 is 0 Å². The van der Waals surface area contributed by atoms with Crippen LogP contribution >= 0.6 is 0 Å². The maximum atomic E-state index is 12.3. The Morgan fingerprint density at radius 2 is 1.97 bits per heavy atom. The van der Waals surface area contributed by atoms with Crippen LogP contribution in [0.3, 0.4) is 0 Å². The fourth-order valence-corrected chi connectivity index (χ4v) is 4.26. The lowest BCUT2D eigenvalue weighted by Gasteiger charge is -2.21. The summed E-state index contributed by atoms with van der Waals surface area (Å²) in [6.07, 6.45) is 4.52. The van der Waals surface area contributed by atoms with Crippen LogP contribution in [0, 0.1) is 6.92 Å². The Morgan fingerprint density at radius 1 is 1.20 bits per heavy atom. The zero-order chi connectivity index (χ0) is 25.3. The highest BCUT2D eigenvalue weighted by Crippen LogP contribution is 2.18. The maximum absolute atomic E-state index is 12.3. The number of carbonyl (C=O) groups excluding carboxylic acids is 2. The average Bonchev–Trinajstić information content (AvgIpc) is 3.34. The Kier molecular flexibility index (Phi) is 9.21. The van der Waals surface area contributed by atoms with Gasteiger partial charge in [0.1, 0.15) is 12.3 Å². The van der Waals surface area contributed by atoms with Crippen molar-refractivity contribution in [2.45, 2.75) is 25.9 Å². The molecule has 2 amide bonds. The molecule has 0 radical (unpaired) electrons. The Hall–Kier alpha value is -3.44. The second-order valence-corrected chi connectivity index (χ2v) is 10.1. The Balaban J connectivity index is 1.45. The second kappa shape index (κ2) is 12.3. The zero-order valence-corrected chi connectivity index (χ0v) is 20.6. The molecule has 1 heterocycles. The van der Waals surface area contributed by atoms with Crippen molar-refractivity contribution in [3.8, 4) is 5.75 Å². The van der Waals surface area contributed by atoms with Gasteiger partial charge < -0.3 is 14.8 Å². The number of benzene rings is 2. The predicted molar refractivity (Wildman–Crippen MR) is 133 cm³/mol. The van der Waals surface area contributed by atoms with Crippen LogP contribution < -0.4 is 19.8 Å². The van der Waals surface area contributed by atoms with Gasteiger partial charge in [0.05, 0.1) is 24.3 Å². The average molecular weight is 503 g/mol. The van der Waals surface area contributed by atoms with Crippen LogP contribution in [-0.2, 0) is 24.3 Å². The minimum absolute atomic E-state index is 0.0787. The number of rotatable bonds is 11. The summed E-state index contributed by atoms with van der Waals surface area (Å²) in [7, 11) is -3.66. The molecule has 10 nitrogen and oxygen atoms in total. The van der Waals surface area contributed by atoms with Crippen LogP contribution in [0.1, 0.15) is 24.0 Å². The summed E-state index contributed by atoms with van der Waals surface area (Å²) >= 11 is 0. The van der Waals surface area contributed by atoms with Gasteiger partial charge in [-0.05, 0) is 67.3 Å². The van der Waals surface area contributed by atoms with E-state index in [2.05, 4.69) is 15.8 Å². The highest BCUT2D eigenvalue weighted by atomic mass is 32.2. The van der Waals surface area contributed by atoms with Gasteiger partial charge in [0.15, 0.2) is 6.61 Å². The highest BCUT2D eigenvalue weighted by molar-refractivity contribution is 7.92. The maximum Gasteiger partial charge on any atom is 0.260 e. The normalized spacial score (nSPS) is 15.7. The number of sulfonamides is 1. The number of nitrogens with zero attached hydrogens (tertiary/aromatic N) is 2. The molecule has 1 aliphatic rings. The largest absolute Gasteiger partial charge is 0.484 e. The molecular formula is C24H30N4O6S. The third-order valence-electron chi connectivity index (χ3n) is 5.18. The van der Waals surface area contributed by atoms with Crippen molar-refractivity contribution in [3.05, 3.63) is 59.7 Å². The number of hydrogen-bond donors (Lipinski definition) is 2. The van der Waals surface area contributed by atoms with E-state index in [1.807, 2.05) is 13.0 Å². The molecule has 2 aromatic carbocycles. The van der Waals surface area contributed by atoms with Gasteiger partial charge in [0.2, 0.25) is 10.0 Å². The molecule has 0 saturated carbocycles. The Labute approximate surface area is 205 Å². The van der Waals surface area contributed by atoms with E-state index in [-0.39, 0.29) is 18.6 Å². The van der Waals surface area contributed by atoms with Crippen LogP contribution in [0.5, 0.6) is 5.75 Å². The quantitative estimate of drug-likeness (QED) is 0.355. The van der Waals surface area contributed by atoms with E-state index < -0.39 is 22.5 Å². The molecule has 11 heteroatoms. The molecule has 0 unspecified atom stereocenters. The number of nitrogens with one attached hydrogen (secondary N) is 2. The van der Waals surface area contributed by atoms with Crippen LogP contribution in [0.4, 0.5) is 5.69 Å². The molecule has 2 N–H and O–H groups in total. The summed E-state index contributed by atoms with van der Waals surface area (Å²) in [5.74, 6) is -0.287. The van der Waals surface area contributed by atoms with E-state index in [9.17, 15) is 18.0 Å². The van der Waals surface area contributed by atoms with Crippen LogP contribution in [0.15, 0.2) is 53.6 Å². The molecule has 0 bridgehead atoms. The summed E-state index contributed by atoms with van der Waals surface area (Å²) < 4.78 is 36.3. The first kappa shape index (κ1) is 26.2. The molecule has 1 aliphatic heterocycles. The standard InChI is InChI=1S/C24H30N4O6S/c1-18-5-3-6-20(13-18)28(35(2,31)32)16-23(29)27-26-14-19-8-10-21(11-9-19)34-17-24(30)25-15-22-7-4-12-33-22/h3,5-6,8-11,13-14,22H,4,7,12,15-17H2,1-2H3,(H,25,30)(H,27,29)/b26-14-/t22-/m1/s1. The molecule has 2 aromatic rings. The van der Waals surface area contributed by atoms with E-state index >= 15 is 0 Å². The SMILES string of the molecule is Cc1cccc(N(CC(=O)N/N=C\c2ccc(OCC(=O)NC[C@H]3CCCO3)cc2)S(C)(=O)=O)c1. The van der Waals surface area contributed by atoms with Crippen LogP contribution in [0.25, 0.3) is 0 Å². The lowest BCUT2D eigenvalue weighted by atomic mass is 10.2. The first-order valence-corrected chi connectivity index (χ1v) is 13.0. The molecule has 35 heavy (non-hydrogen) atoms. The monoisotopic (exact) mass is 502 g/mol. The predicted octanol–water partition coefficient (Wildman–Crippen LogP) is 1.59. The first-order valence-electron chi connectivity index (χ1n) is 11.2. The van der Waals surface area contributed by atoms with Gasteiger partial charge in [-0.3, -0.25) is 13.9 Å². The smallest absolute Gasteiger partial charge is 0.260 e. The van der Waals surface area contributed by atoms with Gasteiger partial charge in [-0.1, -0.05) is 12.1 Å². The fourth-order valence-electron chi connectivity index (χ4n) is 3.41. The van der Waals surface area contributed by atoms with Crippen molar-refractivity contribution in [2.24, 2.45) is 5.10 Å². The number of carbonyl (C=O) groups is 2. The fraction of sp³-hybridized carbons (Fsp3) is 0.375. The lowest BCUT2D eigenvalue weighted by molar-refractivity contribution is -0.123. The van der Waals surface area contributed by atoms with Gasteiger partial charge in [0.25, 0.3) is 11.8 Å². The molecule has 1 atom stereocenters. The molecule has 188 valence electrons. The number of anilines is 1. The zero-order valence-electron chi connectivity index (χ0n) is 19.8. The lowest BCUT2D eigenvalue weighted by Crippen LogP contribution is -2.39. The van der Waals surface area contributed by atoms with Gasteiger partial charge in [0, 0.05) is 13.2 Å². The topological polar surface area (TPSA) is 126 Å². The van der Waals surface area contributed by atoms with Crippen LogP contribution in [0.2, 0.25) is 0 Å². The number of hydrogen-bond acceptors (Lipinski definition) is 7. The van der Waals surface area contributed by atoms with Gasteiger partial charge in [-0.15, -0.1) is 0 Å². The van der Waals surface area contributed by atoms with Crippen molar-refractivity contribution in [3.63, 3.8) is 0 Å². The summed E-state index contributed by atoms with van der Waals surface area (Å²) in [6.45, 7) is 2.56. The Bertz CT molecular complexity index is 1140. The van der Waals surface area contributed by atoms with E-state index in [4.69, 9.17) is 9.47 Å². The molecule has 0 aromatic heterocycles. The van der Waals surface area contributed by atoms with Crippen molar-refractivity contribution >= 4 is 33.7 Å². The molecule has 1 saturated heterocycles. The molecular weight excluding hydrogens is 472 g/mol. The van der Waals surface area contributed by atoms with Crippen molar-refractivity contribution < 1.29 is 27.5 Å². The van der Waals surface area contributed by atoms with E-state index in [1.165, 1.54) is 6.21 Å². The highest BCUT2D eigenvalue weighted by Gasteiger charge is 2.20. The number of aryl methyl sites for hydroxylation is 1. The van der Waals surface area contributed by atoms with Crippen LogP contribution in [-0.4, -0.2) is 65.1 Å². The minimum Gasteiger partial charge on any atom is -0.484 e. The molecule has 1 fully saturated rings. The molecule has 3 rings (SSSR count). The summed E-state index contributed by atoms with van der Waals surface area (Å²) in [5, 5.41) is 6.68. The summed E-state index contributed by atoms with van der Waals surface area (Å²) in [5.41, 5.74) is 4.30. The van der Waals surface area contributed by atoms with E-state index in [0.29, 0.717) is 23.5 Å². The number of amides is 2.